The number of carbonyl (C=O) groups is 2. The molecule has 26 heavy (non-hydrogen) atoms. The van der Waals surface area contributed by atoms with Crippen LogP contribution in [-0.2, 0) is 0 Å². The fourth-order valence-corrected chi connectivity index (χ4v) is 4.07. The third-order valence-corrected chi connectivity index (χ3v) is 5.28. The lowest BCUT2D eigenvalue weighted by molar-refractivity contribution is 0.102. The molecular formula is C20H11N3O2S. The Morgan fingerprint density at radius 1 is 1.00 bits per heavy atom. The summed E-state index contributed by atoms with van der Waals surface area (Å²) in [6, 6.07) is 14.5. The summed E-state index contributed by atoms with van der Waals surface area (Å²) in [5.74, 6) is -0.398. The van der Waals surface area contributed by atoms with Crippen LogP contribution in [0.15, 0.2) is 60.9 Å². The van der Waals surface area contributed by atoms with Crippen molar-refractivity contribution < 1.29 is 9.59 Å². The summed E-state index contributed by atoms with van der Waals surface area (Å²) in [5.41, 5.74) is 3.68. The zero-order chi connectivity index (χ0) is 17.7. The highest BCUT2D eigenvalue weighted by Gasteiger charge is 2.30. The highest BCUT2D eigenvalue weighted by Crippen LogP contribution is 2.43. The van der Waals surface area contributed by atoms with Crippen molar-refractivity contribution in [1.82, 2.24) is 9.36 Å². The molecule has 0 fully saturated rings. The van der Waals surface area contributed by atoms with E-state index in [4.69, 9.17) is 0 Å². The van der Waals surface area contributed by atoms with Gasteiger partial charge < -0.3 is 5.32 Å². The number of nitrogens with one attached hydrogen (secondary N) is 1. The topological polar surface area (TPSA) is 72.0 Å². The first-order valence-corrected chi connectivity index (χ1v) is 8.79. The van der Waals surface area contributed by atoms with Crippen molar-refractivity contribution in [3.05, 3.63) is 77.6 Å². The minimum absolute atomic E-state index is 0.0969. The van der Waals surface area contributed by atoms with Crippen LogP contribution in [0.4, 0.5) is 5.69 Å². The van der Waals surface area contributed by atoms with Gasteiger partial charge in [-0.1, -0.05) is 24.3 Å². The average molecular weight is 357 g/mol. The van der Waals surface area contributed by atoms with Crippen LogP contribution >= 0.6 is 11.5 Å². The second-order valence-electron chi connectivity index (χ2n) is 5.96. The lowest BCUT2D eigenvalue weighted by Crippen LogP contribution is -2.17. The van der Waals surface area contributed by atoms with Crippen LogP contribution in [0.3, 0.4) is 0 Å². The summed E-state index contributed by atoms with van der Waals surface area (Å²) in [7, 11) is 0. The monoisotopic (exact) mass is 357 g/mol. The van der Waals surface area contributed by atoms with Crippen LogP contribution in [0.25, 0.3) is 21.3 Å². The van der Waals surface area contributed by atoms with Gasteiger partial charge in [-0.05, 0) is 35.8 Å². The molecule has 5 rings (SSSR count). The van der Waals surface area contributed by atoms with Crippen molar-refractivity contribution in [2.45, 2.75) is 0 Å². The molecule has 4 aromatic rings. The molecule has 2 aromatic heterocycles. The number of fused-ring (bicyclic) bond motifs is 2. The number of nitrogens with zero attached hydrogens (tertiary/aromatic N) is 2. The van der Waals surface area contributed by atoms with E-state index in [1.165, 1.54) is 17.7 Å². The molecular weight excluding hydrogens is 346 g/mol. The van der Waals surface area contributed by atoms with E-state index in [2.05, 4.69) is 14.7 Å². The van der Waals surface area contributed by atoms with Crippen LogP contribution < -0.4 is 5.32 Å². The smallest absolute Gasteiger partial charge is 0.257 e. The van der Waals surface area contributed by atoms with Crippen LogP contribution in [0.5, 0.6) is 0 Å². The molecule has 2 heterocycles. The van der Waals surface area contributed by atoms with Crippen LogP contribution in [0, 0.1) is 0 Å². The van der Waals surface area contributed by atoms with Gasteiger partial charge in [-0.15, -0.1) is 0 Å². The van der Waals surface area contributed by atoms with Gasteiger partial charge in [0, 0.05) is 28.9 Å². The molecule has 2 aromatic carbocycles. The normalized spacial score (nSPS) is 12.1. The predicted octanol–water partition coefficient (Wildman–Crippen LogP) is 4.16. The quantitative estimate of drug-likeness (QED) is 0.515. The van der Waals surface area contributed by atoms with Gasteiger partial charge in [-0.3, -0.25) is 14.6 Å². The molecule has 124 valence electrons. The molecule has 0 radical (unpaired) electrons. The summed E-state index contributed by atoms with van der Waals surface area (Å²) in [4.78, 5) is 29.6. The number of hydrogen-bond donors (Lipinski definition) is 1. The number of carbonyl (C=O) groups excluding carboxylic acids is 2. The molecule has 1 N–H and O–H groups in total. The molecule has 6 heteroatoms. The summed E-state index contributed by atoms with van der Waals surface area (Å²) in [6.07, 6.45) is 3.10. The molecule has 1 aliphatic rings. The Labute approximate surface area is 152 Å². The molecule has 0 bridgehead atoms. The van der Waals surface area contributed by atoms with E-state index in [1.807, 2.05) is 24.3 Å². The van der Waals surface area contributed by atoms with E-state index in [0.717, 1.165) is 21.3 Å². The summed E-state index contributed by atoms with van der Waals surface area (Å²) in [6.45, 7) is 0. The van der Waals surface area contributed by atoms with Gasteiger partial charge in [0.1, 0.15) is 0 Å². The Hall–Kier alpha value is -3.38. The number of pyridine rings is 1. The highest BCUT2D eigenvalue weighted by molar-refractivity contribution is 7.13. The zero-order valence-corrected chi connectivity index (χ0v) is 14.2. The minimum atomic E-state index is -0.301. The van der Waals surface area contributed by atoms with Crippen molar-refractivity contribution in [2.75, 3.05) is 5.32 Å². The van der Waals surface area contributed by atoms with Crippen LogP contribution in [0.2, 0.25) is 0 Å². The Morgan fingerprint density at radius 2 is 1.85 bits per heavy atom. The number of aromatic nitrogens is 2. The van der Waals surface area contributed by atoms with E-state index in [9.17, 15) is 9.59 Å². The first-order chi connectivity index (χ1) is 12.7. The number of hydrogen-bond acceptors (Lipinski definition) is 5. The zero-order valence-electron chi connectivity index (χ0n) is 13.4. The lowest BCUT2D eigenvalue weighted by Gasteiger charge is -2.18. The summed E-state index contributed by atoms with van der Waals surface area (Å²) >= 11 is 1.36. The van der Waals surface area contributed by atoms with E-state index in [-0.39, 0.29) is 11.7 Å². The Morgan fingerprint density at radius 3 is 2.65 bits per heavy atom. The largest absolute Gasteiger partial charge is 0.321 e. The van der Waals surface area contributed by atoms with Gasteiger partial charge in [-0.2, -0.15) is 4.37 Å². The number of ketones is 1. The number of amides is 1. The molecule has 0 saturated heterocycles. The Balaban J connectivity index is 1.69. The molecule has 1 amide bonds. The van der Waals surface area contributed by atoms with Crippen molar-refractivity contribution in [1.29, 1.82) is 0 Å². The third-order valence-electron chi connectivity index (χ3n) is 4.46. The number of anilines is 1. The second-order valence-corrected chi connectivity index (χ2v) is 6.77. The van der Waals surface area contributed by atoms with E-state index >= 15 is 0 Å². The van der Waals surface area contributed by atoms with Gasteiger partial charge in [0.15, 0.2) is 5.78 Å². The van der Waals surface area contributed by atoms with Gasteiger partial charge in [0.2, 0.25) is 0 Å². The fourth-order valence-electron chi connectivity index (χ4n) is 3.27. The highest BCUT2D eigenvalue weighted by atomic mass is 32.1. The Kier molecular flexibility index (Phi) is 3.20. The maximum absolute atomic E-state index is 13.1. The Bertz CT molecular complexity index is 1200. The predicted molar refractivity (Wildman–Crippen MR) is 101 cm³/mol. The lowest BCUT2D eigenvalue weighted by atomic mass is 9.86. The second kappa shape index (κ2) is 5.57. The first-order valence-electron chi connectivity index (χ1n) is 8.02. The van der Waals surface area contributed by atoms with Gasteiger partial charge in [0.05, 0.1) is 27.2 Å². The molecule has 1 aliphatic carbocycles. The number of benzene rings is 2. The van der Waals surface area contributed by atoms with Crippen LogP contribution in [0.1, 0.15) is 26.3 Å². The molecule has 5 nitrogen and oxygen atoms in total. The third kappa shape index (κ3) is 2.09. The maximum atomic E-state index is 13.1. The van der Waals surface area contributed by atoms with Crippen LogP contribution in [-0.4, -0.2) is 21.0 Å². The fraction of sp³-hybridized carbons (Fsp3) is 0. The van der Waals surface area contributed by atoms with E-state index in [0.29, 0.717) is 22.4 Å². The molecule has 0 aliphatic heterocycles. The molecule has 0 unspecified atom stereocenters. The average Bonchev–Trinajstić information content (AvgIpc) is 3.12. The molecule has 0 atom stereocenters. The molecule has 0 spiro atoms. The standard InChI is InChI=1S/C20H11N3O2S/c24-19-13-6-2-1-5-12(13)18-17-15(26-23-18)8-7-14(16(17)19)22-20(25)11-4-3-9-21-10-11/h1-10H,(H,22,25). The first kappa shape index (κ1) is 14.9. The van der Waals surface area contributed by atoms with Crippen molar-refractivity contribution >= 4 is 39.0 Å². The van der Waals surface area contributed by atoms with Gasteiger partial charge in [-0.25, -0.2) is 0 Å². The van der Waals surface area contributed by atoms with Crippen molar-refractivity contribution in [2.24, 2.45) is 0 Å². The summed E-state index contributed by atoms with van der Waals surface area (Å²) in [5, 5.41) is 3.67. The van der Waals surface area contributed by atoms with Crippen molar-refractivity contribution in [3.63, 3.8) is 0 Å². The number of rotatable bonds is 2. The summed E-state index contributed by atoms with van der Waals surface area (Å²) < 4.78 is 5.47. The SMILES string of the molecule is O=C(Nc1ccc2snc3c2c1C(=O)c1ccccc1-3)c1cccnc1. The maximum Gasteiger partial charge on any atom is 0.257 e. The van der Waals surface area contributed by atoms with E-state index in [1.54, 1.807) is 30.5 Å². The van der Waals surface area contributed by atoms with Gasteiger partial charge >= 0.3 is 0 Å². The van der Waals surface area contributed by atoms with Gasteiger partial charge in [0.25, 0.3) is 5.91 Å². The van der Waals surface area contributed by atoms with E-state index < -0.39 is 0 Å². The molecule has 0 saturated carbocycles. The minimum Gasteiger partial charge on any atom is -0.321 e. The van der Waals surface area contributed by atoms with Crippen molar-refractivity contribution in [3.8, 4) is 11.3 Å².